The minimum atomic E-state index is -0.865. The van der Waals surface area contributed by atoms with Gasteiger partial charge in [0.1, 0.15) is 11.5 Å². The number of Topliss-reactive ketones (excluding diaryl/α,β-unsaturated/α-hetero) is 1. The number of aromatic hydroxyl groups is 1. The van der Waals surface area contributed by atoms with Gasteiger partial charge in [0.2, 0.25) is 0 Å². The van der Waals surface area contributed by atoms with Crippen molar-refractivity contribution in [3.8, 4) is 17.2 Å². The molecule has 0 aliphatic carbocycles. The molecule has 140 valence electrons. The van der Waals surface area contributed by atoms with Crippen molar-refractivity contribution in [1.82, 2.24) is 5.32 Å². The number of ketones is 1. The van der Waals surface area contributed by atoms with E-state index in [0.717, 1.165) is 0 Å². The maximum Gasteiger partial charge on any atom is 0.293 e. The summed E-state index contributed by atoms with van der Waals surface area (Å²) in [4.78, 5) is 24.4. The maximum absolute atomic E-state index is 12.4. The molecule has 1 saturated heterocycles. The summed E-state index contributed by atoms with van der Waals surface area (Å²) >= 11 is 0. The molecule has 3 N–H and O–H groups in total. The number of aliphatic hydroxyl groups is 1. The Labute approximate surface area is 155 Å². The average Bonchev–Trinajstić information content (AvgIpc) is 2.98. The minimum absolute atomic E-state index is 0.0567. The molecular formula is C20H19NO6. The van der Waals surface area contributed by atoms with E-state index in [0.29, 0.717) is 23.5 Å². The molecule has 7 nitrogen and oxygen atoms in total. The molecule has 2 aromatic carbocycles. The number of nitrogens with one attached hydrogen (secondary N) is 1. The van der Waals surface area contributed by atoms with E-state index in [2.05, 4.69) is 5.32 Å². The van der Waals surface area contributed by atoms with Crippen LogP contribution in [0.2, 0.25) is 0 Å². The van der Waals surface area contributed by atoms with Gasteiger partial charge in [-0.3, -0.25) is 9.59 Å². The lowest BCUT2D eigenvalue weighted by molar-refractivity contribution is -0.133. The van der Waals surface area contributed by atoms with Crippen LogP contribution in [0.3, 0.4) is 0 Å². The van der Waals surface area contributed by atoms with Crippen LogP contribution in [0.5, 0.6) is 17.2 Å². The van der Waals surface area contributed by atoms with E-state index >= 15 is 0 Å². The van der Waals surface area contributed by atoms with Crippen LogP contribution in [0.25, 0.3) is 5.76 Å². The van der Waals surface area contributed by atoms with Crippen molar-refractivity contribution in [2.24, 2.45) is 0 Å². The van der Waals surface area contributed by atoms with Crippen molar-refractivity contribution in [1.29, 1.82) is 0 Å². The number of rotatable bonds is 5. The quantitative estimate of drug-likeness (QED) is 0.425. The van der Waals surface area contributed by atoms with Crippen LogP contribution in [0.1, 0.15) is 24.1 Å². The third kappa shape index (κ3) is 3.44. The summed E-state index contributed by atoms with van der Waals surface area (Å²) in [6.07, 6.45) is 0. The second-order valence-electron chi connectivity index (χ2n) is 5.89. The molecule has 0 unspecified atom stereocenters. The molecule has 0 bridgehead atoms. The highest BCUT2D eigenvalue weighted by Gasteiger charge is 2.39. The van der Waals surface area contributed by atoms with Crippen LogP contribution >= 0.6 is 0 Å². The van der Waals surface area contributed by atoms with Gasteiger partial charge in [-0.25, -0.2) is 0 Å². The Bertz CT molecular complexity index is 934. The molecule has 1 aliphatic rings. The Kier molecular flexibility index (Phi) is 5.03. The van der Waals surface area contributed by atoms with Gasteiger partial charge in [0.25, 0.3) is 11.7 Å². The lowest BCUT2D eigenvalue weighted by atomic mass is 9.95. The second-order valence-corrected chi connectivity index (χ2v) is 5.89. The molecule has 1 amide bonds. The highest BCUT2D eigenvalue weighted by molar-refractivity contribution is 6.46. The molecule has 1 atom stereocenters. The minimum Gasteiger partial charge on any atom is -0.507 e. The number of ether oxygens (including phenoxy) is 2. The molecule has 7 heteroatoms. The molecule has 1 heterocycles. The van der Waals surface area contributed by atoms with Crippen molar-refractivity contribution in [3.63, 3.8) is 0 Å². The van der Waals surface area contributed by atoms with Crippen LogP contribution < -0.4 is 14.8 Å². The summed E-state index contributed by atoms with van der Waals surface area (Å²) in [5.74, 6) is -1.26. The monoisotopic (exact) mass is 369 g/mol. The number of phenolic OH excluding ortho intramolecular Hbond substituents is 1. The molecule has 1 aliphatic heterocycles. The van der Waals surface area contributed by atoms with Crippen LogP contribution in [0.4, 0.5) is 0 Å². The number of hydrogen-bond donors (Lipinski definition) is 3. The Morgan fingerprint density at radius 2 is 1.96 bits per heavy atom. The fourth-order valence-corrected chi connectivity index (χ4v) is 2.92. The number of aliphatic hydroxyl groups excluding tert-OH is 1. The van der Waals surface area contributed by atoms with Gasteiger partial charge in [-0.1, -0.05) is 18.2 Å². The smallest absolute Gasteiger partial charge is 0.293 e. The molecule has 0 spiro atoms. The van der Waals surface area contributed by atoms with E-state index in [1.54, 1.807) is 37.3 Å². The zero-order valence-electron chi connectivity index (χ0n) is 14.9. The second kappa shape index (κ2) is 7.41. The van der Waals surface area contributed by atoms with Gasteiger partial charge in [0.15, 0.2) is 11.5 Å². The third-order valence-corrected chi connectivity index (χ3v) is 4.23. The van der Waals surface area contributed by atoms with Gasteiger partial charge < -0.3 is 25.0 Å². The van der Waals surface area contributed by atoms with Crippen LogP contribution in [-0.4, -0.2) is 35.6 Å². The SMILES string of the molecule is CCOc1cc([C@@H]2NC(=O)C(=O)C2=C(O)c2cccc(OC)c2)ccc1O. The van der Waals surface area contributed by atoms with E-state index in [1.807, 2.05) is 0 Å². The average molecular weight is 369 g/mol. The molecular weight excluding hydrogens is 350 g/mol. The van der Waals surface area contributed by atoms with E-state index in [-0.39, 0.29) is 22.8 Å². The molecule has 0 radical (unpaired) electrons. The highest BCUT2D eigenvalue weighted by Crippen LogP contribution is 2.37. The van der Waals surface area contributed by atoms with Gasteiger partial charge >= 0.3 is 0 Å². The molecule has 2 aromatic rings. The third-order valence-electron chi connectivity index (χ3n) is 4.23. The van der Waals surface area contributed by atoms with Crippen molar-refractivity contribution in [2.75, 3.05) is 13.7 Å². The topological polar surface area (TPSA) is 105 Å². The molecule has 3 rings (SSSR count). The Hall–Kier alpha value is -3.48. The first-order valence-corrected chi connectivity index (χ1v) is 8.34. The number of carbonyl (C=O) groups is 2. The first-order chi connectivity index (χ1) is 13.0. The summed E-state index contributed by atoms with van der Waals surface area (Å²) < 4.78 is 10.5. The van der Waals surface area contributed by atoms with Crippen molar-refractivity contribution < 1.29 is 29.3 Å². The van der Waals surface area contributed by atoms with Crippen LogP contribution in [-0.2, 0) is 9.59 Å². The van der Waals surface area contributed by atoms with Crippen LogP contribution in [0, 0.1) is 0 Å². The standard InChI is InChI=1S/C20H19NO6/c1-3-27-15-10-11(7-8-14(15)22)17-16(19(24)20(25)21-17)18(23)12-5-4-6-13(9-12)26-2/h4-10,17,22-23H,3H2,1-2H3,(H,21,25)/t17-/m0/s1. The van der Waals surface area contributed by atoms with Gasteiger partial charge in [0, 0.05) is 5.56 Å². The predicted molar refractivity (Wildman–Crippen MR) is 97.7 cm³/mol. The van der Waals surface area contributed by atoms with E-state index in [1.165, 1.54) is 19.2 Å². The number of amides is 1. The number of phenols is 1. The maximum atomic E-state index is 12.4. The number of carbonyl (C=O) groups excluding carboxylic acids is 2. The van der Waals surface area contributed by atoms with E-state index in [4.69, 9.17) is 9.47 Å². The Morgan fingerprint density at radius 3 is 2.67 bits per heavy atom. The fraction of sp³-hybridized carbons (Fsp3) is 0.200. The van der Waals surface area contributed by atoms with Gasteiger partial charge in [-0.05, 0) is 36.8 Å². The first kappa shape index (κ1) is 18.3. The summed E-state index contributed by atoms with van der Waals surface area (Å²) in [6, 6.07) is 10.2. The normalized spacial score (nSPS) is 18.2. The largest absolute Gasteiger partial charge is 0.507 e. The highest BCUT2D eigenvalue weighted by atomic mass is 16.5. The summed E-state index contributed by atoms with van der Waals surface area (Å²) in [6.45, 7) is 2.11. The van der Waals surface area contributed by atoms with Crippen molar-refractivity contribution in [2.45, 2.75) is 13.0 Å². The number of benzene rings is 2. The summed E-state index contributed by atoms with van der Waals surface area (Å²) in [5.41, 5.74) is 0.782. The first-order valence-electron chi connectivity index (χ1n) is 8.34. The zero-order valence-corrected chi connectivity index (χ0v) is 14.9. The lowest BCUT2D eigenvalue weighted by Crippen LogP contribution is -2.21. The molecule has 0 aromatic heterocycles. The predicted octanol–water partition coefficient (Wildman–Crippen LogP) is 2.51. The van der Waals surface area contributed by atoms with E-state index in [9.17, 15) is 19.8 Å². The lowest BCUT2D eigenvalue weighted by Gasteiger charge is -2.16. The Morgan fingerprint density at radius 1 is 1.19 bits per heavy atom. The Balaban J connectivity index is 2.10. The van der Waals surface area contributed by atoms with Crippen LogP contribution in [0.15, 0.2) is 48.0 Å². The van der Waals surface area contributed by atoms with E-state index < -0.39 is 17.7 Å². The zero-order chi connectivity index (χ0) is 19.6. The number of hydrogen-bond acceptors (Lipinski definition) is 6. The fourth-order valence-electron chi connectivity index (χ4n) is 2.92. The van der Waals surface area contributed by atoms with Gasteiger partial charge in [0.05, 0.1) is 25.3 Å². The van der Waals surface area contributed by atoms with Crippen molar-refractivity contribution in [3.05, 3.63) is 59.2 Å². The van der Waals surface area contributed by atoms with Crippen molar-refractivity contribution >= 4 is 17.4 Å². The summed E-state index contributed by atoms with van der Waals surface area (Å²) in [7, 11) is 1.49. The molecule has 1 fully saturated rings. The van der Waals surface area contributed by atoms with Gasteiger partial charge in [-0.15, -0.1) is 0 Å². The molecule has 0 saturated carbocycles. The summed E-state index contributed by atoms with van der Waals surface area (Å²) in [5, 5.41) is 23.2. The molecule has 27 heavy (non-hydrogen) atoms. The van der Waals surface area contributed by atoms with Gasteiger partial charge in [-0.2, -0.15) is 0 Å². The number of methoxy groups -OCH3 is 1.